The van der Waals surface area contributed by atoms with Crippen LogP contribution in [0.2, 0.25) is 0 Å². The van der Waals surface area contributed by atoms with Gasteiger partial charge < -0.3 is 4.90 Å². The normalized spacial score (nSPS) is 23.6. The summed E-state index contributed by atoms with van der Waals surface area (Å²) in [5.41, 5.74) is 1.55. The summed E-state index contributed by atoms with van der Waals surface area (Å²) in [5, 5.41) is 0. The van der Waals surface area contributed by atoms with E-state index >= 15 is 0 Å². The molecule has 172 valence electrons. The van der Waals surface area contributed by atoms with Crippen molar-refractivity contribution in [2.45, 2.75) is 64.0 Å². The molecule has 0 saturated heterocycles. The molecule has 2 aliphatic carbocycles. The maximum Gasteiger partial charge on any atom is 0.416 e. The summed E-state index contributed by atoms with van der Waals surface area (Å²) in [4.78, 5) is 14.9. The number of hydrogen-bond acceptors (Lipinski definition) is 2. The summed E-state index contributed by atoms with van der Waals surface area (Å²) in [6, 6.07) is 10.4. The summed E-state index contributed by atoms with van der Waals surface area (Å²) in [7, 11) is 0. The Bertz CT molecular complexity index is 990. The van der Waals surface area contributed by atoms with Crippen LogP contribution >= 0.6 is 0 Å². The highest BCUT2D eigenvalue weighted by Gasteiger charge is 2.86. The van der Waals surface area contributed by atoms with Gasteiger partial charge in [0.1, 0.15) is 11.6 Å². The molecular formula is C26H29F4NO. The zero-order valence-corrected chi connectivity index (χ0v) is 18.6. The van der Waals surface area contributed by atoms with E-state index in [-0.39, 0.29) is 22.4 Å². The van der Waals surface area contributed by atoms with E-state index in [1.54, 1.807) is 12.1 Å². The summed E-state index contributed by atoms with van der Waals surface area (Å²) in [6.45, 7) is 5.14. The fraction of sp³-hybridized carbons (Fsp3) is 0.500. The Labute approximate surface area is 186 Å². The zero-order valence-electron chi connectivity index (χ0n) is 18.6. The van der Waals surface area contributed by atoms with Crippen LogP contribution in [0.25, 0.3) is 0 Å². The lowest BCUT2D eigenvalue weighted by Crippen LogP contribution is -2.26. The minimum absolute atomic E-state index is 0.0683. The quantitative estimate of drug-likeness (QED) is 0.294. The van der Waals surface area contributed by atoms with Crippen LogP contribution < -0.4 is 4.90 Å². The van der Waals surface area contributed by atoms with E-state index in [0.29, 0.717) is 25.2 Å². The SMILES string of the molecule is CCCN(CCCCC(=O)C12CC1(c1ccc(F)cc1)C2)c1cc(C(F)(F)F)ccc1C. The highest BCUT2D eigenvalue weighted by molar-refractivity contribution is 5.96. The van der Waals surface area contributed by atoms with E-state index in [1.165, 1.54) is 24.3 Å². The van der Waals surface area contributed by atoms with Crippen molar-refractivity contribution in [1.29, 1.82) is 0 Å². The average molecular weight is 448 g/mol. The third-order valence-electron chi connectivity index (χ3n) is 7.26. The first-order chi connectivity index (χ1) is 15.1. The number of unbranched alkanes of at least 4 members (excludes halogenated alkanes) is 1. The van der Waals surface area contributed by atoms with E-state index in [4.69, 9.17) is 0 Å². The number of anilines is 1. The van der Waals surface area contributed by atoms with Crippen LogP contribution in [0.3, 0.4) is 0 Å². The Morgan fingerprint density at radius 3 is 2.34 bits per heavy atom. The first-order valence-electron chi connectivity index (χ1n) is 11.4. The minimum atomic E-state index is -4.36. The highest BCUT2D eigenvalue weighted by atomic mass is 19.4. The number of fused-ring (bicyclic) bond motifs is 1. The second-order valence-electron chi connectivity index (χ2n) is 9.39. The lowest BCUT2D eigenvalue weighted by molar-refractivity contribution is -0.137. The molecule has 0 amide bonds. The molecule has 2 aromatic carbocycles. The maximum absolute atomic E-state index is 13.2. The second kappa shape index (κ2) is 8.20. The minimum Gasteiger partial charge on any atom is -0.371 e. The average Bonchev–Trinajstić information content (AvgIpc) is 3.58. The van der Waals surface area contributed by atoms with E-state index in [1.807, 2.05) is 18.7 Å². The molecule has 2 aromatic rings. The molecule has 0 aromatic heterocycles. The number of hydrogen-bond donors (Lipinski definition) is 0. The second-order valence-corrected chi connectivity index (χ2v) is 9.39. The van der Waals surface area contributed by atoms with Crippen LogP contribution in [0.5, 0.6) is 0 Å². The van der Waals surface area contributed by atoms with Gasteiger partial charge >= 0.3 is 6.18 Å². The Morgan fingerprint density at radius 2 is 1.72 bits per heavy atom. The van der Waals surface area contributed by atoms with Crippen molar-refractivity contribution in [3.63, 3.8) is 0 Å². The molecule has 0 unspecified atom stereocenters. The predicted octanol–water partition coefficient (Wildman–Crippen LogP) is 6.84. The van der Waals surface area contributed by atoms with Gasteiger partial charge in [-0.1, -0.05) is 25.1 Å². The number of halogens is 4. The van der Waals surface area contributed by atoms with Crippen LogP contribution in [-0.2, 0) is 16.4 Å². The number of aryl methyl sites for hydroxylation is 1. The molecule has 2 aliphatic rings. The van der Waals surface area contributed by atoms with Gasteiger partial charge in [0.15, 0.2) is 0 Å². The van der Waals surface area contributed by atoms with Gasteiger partial charge in [-0.15, -0.1) is 0 Å². The van der Waals surface area contributed by atoms with Gasteiger partial charge in [0, 0.05) is 36.0 Å². The molecule has 4 rings (SSSR count). The lowest BCUT2D eigenvalue weighted by atomic mass is 10.0. The van der Waals surface area contributed by atoms with Crippen molar-refractivity contribution >= 4 is 11.5 Å². The number of benzene rings is 2. The molecule has 6 heteroatoms. The Balaban J connectivity index is 1.32. The third-order valence-corrected chi connectivity index (χ3v) is 7.26. The summed E-state index contributed by atoms with van der Waals surface area (Å²) in [5.74, 6) is 0.00938. The summed E-state index contributed by atoms with van der Waals surface area (Å²) >= 11 is 0. The van der Waals surface area contributed by atoms with Crippen molar-refractivity contribution in [2.75, 3.05) is 18.0 Å². The molecule has 0 spiro atoms. The zero-order chi connectivity index (χ0) is 23.1. The van der Waals surface area contributed by atoms with Gasteiger partial charge in [-0.2, -0.15) is 13.2 Å². The molecule has 2 nitrogen and oxygen atoms in total. The highest BCUT2D eigenvalue weighted by Crippen LogP contribution is 2.86. The molecule has 0 atom stereocenters. The van der Waals surface area contributed by atoms with Crippen molar-refractivity contribution in [2.24, 2.45) is 5.41 Å². The van der Waals surface area contributed by atoms with Crippen molar-refractivity contribution in [3.05, 3.63) is 65.0 Å². The topological polar surface area (TPSA) is 20.3 Å². The lowest BCUT2D eigenvalue weighted by Gasteiger charge is -2.27. The Kier molecular flexibility index (Phi) is 5.84. The van der Waals surface area contributed by atoms with Crippen molar-refractivity contribution in [1.82, 2.24) is 0 Å². The fourth-order valence-electron chi connectivity index (χ4n) is 5.18. The third kappa shape index (κ3) is 4.04. The number of rotatable bonds is 10. The Hall–Kier alpha value is -2.37. The van der Waals surface area contributed by atoms with Crippen LogP contribution in [0, 0.1) is 18.2 Å². The number of carbonyl (C=O) groups excluding carboxylic acids is 1. The monoisotopic (exact) mass is 447 g/mol. The van der Waals surface area contributed by atoms with Crippen molar-refractivity contribution in [3.8, 4) is 0 Å². The molecule has 0 aliphatic heterocycles. The number of alkyl halides is 3. The van der Waals surface area contributed by atoms with Crippen LogP contribution in [0.15, 0.2) is 42.5 Å². The van der Waals surface area contributed by atoms with Gasteiger partial charge in [0.05, 0.1) is 5.56 Å². The van der Waals surface area contributed by atoms with E-state index in [0.717, 1.165) is 49.3 Å². The van der Waals surface area contributed by atoms with Gasteiger partial charge in [-0.25, -0.2) is 4.39 Å². The molecule has 2 fully saturated rings. The van der Waals surface area contributed by atoms with E-state index in [2.05, 4.69) is 0 Å². The first kappa shape index (κ1) is 22.8. The molecule has 0 heterocycles. The predicted molar refractivity (Wildman–Crippen MR) is 117 cm³/mol. The van der Waals surface area contributed by atoms with Gasteiger partial charge in [-0.05, 0) is 74.4 Å². The fourth-order valence-corrected chi connectivity index (χ4v) is 5.18. The standard InChI is InChI=1S/C26H29F4NO/c1-3-13-31(22-15-20(26(28,29)30)8-7-18(22)2)14-5-4-6-23(32)25-16-24(25,17-25)19-9-11-21(27)12-10-19/h7-12,15H,3-6,13-14,16-17H2,1-2H3. The van der Waals surface area contributed by atoms with Crippen LogP contribution in [-0.4, -0.2) is 18.9 Å². The van der Waals surface area contributed by atoms with Gasteiger partial charge in [0.2, 0.25) is 0 Å². The summed E-state index contributed by atoms with van der Waals surface area (Å²) in [6.07, 6.45) is 0.144. The molecular weight excluding hydrogens is 418 g/mol. The van der Waals surface area contributed by atoms with Crippen molar-refractivity contribution < 1.29 is 22.4 Å². The van der Waals surface area contributed by atoms with Gasteiger partial charge in [0.25, 0.3) is 0 Å². The molecule has 0 bridgehead atoms. The number of ketones is 1. The maximum atomic E-state index is 13.2. The Morgan fingerprint density at radius 1 is 1.03 bits per heavy atom. The number of carbonyl (C=O) groups is 1. The first-order valence-corrected chi connectivity index (χ1v) is 11.4. The van der Waals surface area contributed by atoms with Crippen LogP contribution in [0.1, 0.15) is 62.1 Å². The number of Topliss-reactive ketones (excluding diaryl/α,β-unsaturated/α-hetero) is 1. The molecule has 32 heavy (non-hydrogen) atoms. The number of nitrogens with zero attached hydrogens (tertiary/aromatic N) is 1. The van der Waals surface area contributed by atoms with E-state index in [9.17, 15) is 22.4 Å². The summed E-state index contributed by atoms with van der Waals surface area (Å²) < 4.78 is 52.7. The van der Waals surface area contributed by atoms with Crippen LogP contribution in [0.4, 0.5) is 23.2 Å². The molecule has 0 radical (unpaired) electrons. The van der Waals surface area contributed by atoms with Gasteiger partial charge in [-0.3, -0.25) is 4.79 Å². The molecule has 0 N–H and O–H groups in total. The largest absolute Gasteiger partial charge is 0.416 e. The van der Waals surface area contributed by atoms with E-state index < -0.39 is 11.7 Å². The smallest absolute Gasteiger partial charge is 0.371 e. The molecule has 2 saturated carbocycles.